The summed E-state index contributed by atoms with van der Waals surface area (Å²) in [7, 11) is 0. The molecule has 4 aliphatic carbocycles. The number of aromatic nitrogens is 2. The number of nitrogens with zero attached hydrogens (tertiary/aromatic N) is 2. The van der Waals surface area contributed by atoms with Crippen LogP contribution in [0.2, 0.25) is 0 Å². The Balaban J connectivity index is 1.67. The van der Waals surface area contributed by atoms with E-state index in [0.717, 1.165) is 17.1 Å². The van der Waals surface area contributed by atoms with Crippen molar-refractivity contribution in [2.24, 2.45) is 22.2 Å². The van der Waals surface area contributed by atoms with E-state index in [1.807, 2.05) is 0 Å². The Labute approximate surface area is 127 Å². The first-order valence-corrected chi connectivity index (χ1v) is 8.93. The largest absolute Gasteiger partial charge is 0.214 e. The summed E-state index contributed by atoms with van der Waals surface area (Å²) in [4.78, 5) is 4.56. The Bertz CT molecular complexity index is 508. The molecule has 4 bridgehead atoms. The van der Waals surface area contributed by atoms with Gasteiger partial charge in [0.2, 0.25) is 4.73 Å². The van der Waals surface area contributed by atoms with Crippen LogP contribution in [0.4, 0.5) is 0 Å². The predicted octanol–water partition coefficient (Wildman–Crippen LogP) is 4.84. The molecule has 1 aromatic heterocycles. The lowest BCUT2D eigenvalue weighted by atomic mass is 9.40. The van der Waals surface area contributed by atoms with Crippen LogP contribution in [-0.2, 0) is 6.42 Å². The maximum atomic E-state index is 4.56. The molecule has 4 saturated carbocycles. The van der Waals surface area contributed by atoms with Gasteiger partial charge in [0.15, 0.2) is 0 Å². The van der Waals surface area contributed by atoms with Gasteiger partial charge in [-0.15, -0.1) is 0 Å². The molecule has 2 unspecified atom stereocenters. The van der Waals surface area contributed by atoms with E-state index in [1.54, 1.807) is 11.5 Å². The van der Waals surface area contributed by atoms with Crippen molar-refractivity contribution in [3.05, 3.63) is 9.74 Å². The van der Waals surface area contributed by atoms with Gasteiger partial charge < -0.3 is 0 Å². The second kappa shape index (κ2) is 3.82. The standard InChI is InChI=1S/C15H21BrN2S/c1-13-3-10-4-14(2,7-13)9-15(5-10,8-13)6-11-17-12(16)18-19-11/h10H,3-9H2,1-2H3. The molecular formula is C15H21BrN2S. The van der Waals surface area contributed by atoms with Gasteiger partial charge in [-0.05, 0) is 88.2 Å². The molecule has 0 aliphatic heterocycles. The van der Waals surface area contributed by atoms with Crippen molar-refractivity contribution in [2.45, 2.75) is 58.8 Å². The fourth-order valence-electron chi connectivity index (χ4n) is 6.51. The van der Waals surface area contributed by atoms with Crippen LogP contribution in [-0.4, -0.2) is 9.36 Å². The van der Waals surface area contributed by atoms with Gasteiger partial charge in [-0.3, -0.25) is 0 Å². The first-order valence-electron chi connectivity index (χ1n) is 7.36. The molecular weight excluding hydrogens is 320 g/mol. The molecule has 0 spiro atoms. The van der Waals surface area contributed by atoms with Crippen LogP contribution in [0.25, 0.3) is 0 Å². The summed E-state index contributed by atoms with van der Waals surface area (Å²) in [5.74, 6) is 0.975. The van der Waals surface area contributed by atoms with Gasteiger partial charge in [-0.25, -0.2) is 4.98 Å². The van der Waals surface area contributed by atoms with E-state index >= 15 is 0 Å². The predicted molar refractivity (Wildman–Crippen MR) is 81.2 cm³/mol. The molecule has 0 amide bonds. The normalized spacial score (nSPS) is 47.8. The van der Waals surface area contributed by atoms with Gasteiger partial charge in [0.1, 0.15) is 5.01 Å². The van der Waals surface area contributed by atoms with E-state index in [2.05, 4.69) is 39.1 Å². The van der Waals surface area contributed by atoms with Crippen LogP contribution in [0, 0.1) is 22.2 Å². The molecule has 0 N–H and O–H groups in total. The molecule has 0 radical (unpaired) electrons. The van der Waals surface area contributed by atoms with Gasteiger partial charge >= 0.3 is 0 Å². The van der Waals surface area contributed by atoms with Crippen LogP contribution >= 0.6 is 27.5 Å². The van der Waals surface area contributed by atoms with Gasteiger partial charge in [-0.1, -0.05) is 13.8 Å². The van der Waals surface area contributed by atoms with Gasteiger partial charge in [-0.2, -0.15) is 4.37 Å². The zero-order valence-corrected chi connectivity index (χ0v) is 14.1. The van der Waals surface area contributed by atoms with E-state index in [9.17, 15) is 0 Å². The third kappa shape index (κ3) is 2.10. The highest BCUT2D eigenvalue weighted by Gasteiger charge is 2.59. The molecule has 1 aromatic rings. The van der Waals surface area contributed by atoms with E-state index < -0.39 is 0 Å². The lowest BCUT2D eigenvalue weighted by Gasteiger charge is -2.65. The van der Waals surface area contributed by atoms with Crippen molar-refractivity contribution < 1.29 is 0 Å². The molecule has 104 valence electrons. The summed E-state index contributed by atoms with van der Waals surface area (Å²) in [5, 5.41) is 1.24. The maximum absolute atomic E-state index is 4.56. The summed E-state index contributed by atoms with van der Waals surface area (Å²) >= 11 is 4.98. The summed E-state index contributed by atoms with van der Waals surface area (Å²) in [6, 6.07) is 0. The van der Waals surface area contributed by atoms with Crippen LogP contribution in [0.1, 0.15) is 57.4 Å². The number of hydrogen-bond acceptors (Lipinski definition) is 3. The third-order valence-electron chi connectivity index (χ3n) is 5.71. The zero-order valence-electron chi connectivity index (χ0n) is 11.7. The van der Waals surface area contributed by atoms with Gasteiger partial charge in [0, 0.05) is 6.42 Å². The SMILES string of the molecule is CC12CC3CC(C)(C1)CC(Cc1nc(Br)ns1)(C3)C2. The first-order chi connectivity index (χ1) is 8.88. The van der Waals surface area contributed by atoms with E-state index in [-0.39, 0.29) is 0 Å². The fraction of sp³-hybridized carbons (Fsp3) is 0.867. The highest BCUT2D eigenvalue weighted by atomic mass is 79.9. The zero-order chi connectivity index (χ0) is 13.3. The van der Waals surface area contributed by atoms with Crippen LogP contribution in [0.5, 0.6) is 0 Å². The number of rotatable bonds is 2. The highest BCUT2D eigenvalue weighted by Crippen LogP contribution is 2.70. The average Bonchev–Trinajstić information content (AvgIpc) is 2.56. The number of halogens is 1. The van der Waals surface area contributed by atoms with Gasteiger partial charge in [0.05, 0.1) is 0 Å². The Hall–Kier alpha value is 0.0400. The first kappa shape index (κ1) is 12.8. The minimum Gasteiger partial charge on any atom is -0.214 e. The second-order valence-corrected chi connectivity index (χ2v) is 9.81. The van der Waals surface area contributed by atoms with Crippen LogP contribution < -0.4 is 0 Å². The van der Waals surface area contributed by atoms with Crippen LogP contribution in [0.15, 0.2) is 4.73 Å². The lowest BCUT2D eigenvalue weighted by molar-refractivity contribution is -0.144. The average molecular weight is 341 g/mol. The minimum absolute atomic E-state index is 0.530. The summed E-state index contributed by atoms with van der Waals surface area (Å²) < 4.78 is 5.07. The smallest absolute Gasteiger partial charge is 0.209 e. The van der Waals surface area contributed by atoms with Gasteiger partial charge in [0.25, 0.3) is 0 Å². The quantitative estimate of drug-likeness (QED) is 0.769. The monoisotopic (exact) mass is 340 g/mol. The molecule has 2 nitrogen and oxygen atoms in total. The van der Waals surface area contributed by atoms with E-state index in [0.29, 0.717) is 16.2 Å². The summed E-state index contributed by atoms with van der Waals surface area (Å²) in [6.45, 7) is 5.08. The highest BCUT2D eigenvalue weighted by molar-refractivity contribution is 9.10. The Kier molecular flexibility index (Phi) is 2.56. The molecule has 0 saturated heterocycles. The second-order valence-electron chi connectivity index (χ2n) is 8.26. The third-order valence-corrected chi connectivity index (χ3v) is 7.01. The Morgan fingerprint density at radius 3 is 2.37 bits per heavy atom. The summed E-state index contributed by atoms with van der Waals surface area (Å²) in [6.07, 6.45) is 9.85. The van der Waals surface area contributed by atoms with Crippen molar-refractivity contribution in [3.63, 3.8) is 0 Å². The molecule has 4 fully saturated rings. The maximum Gasteiger partial charge on any atom is 0.209 e. The molecule has 4 heteroatoms. The molecule has 19 heavy (non-hydrogen) atoms. The molecule has 2 atom stereocenters. The lowest BCUT2D eigenvalue weighted by Crippen LogP contribution is -2.55. The minimum atomic E-state index is 0.530. The van der Waals surface area contributed by atoms with Crippen molar-refractivity contribution in [1.82, 2.24) is 9.36 Å². The molecule has 0 aromatic carbocycles. The van der Waals surface area contributed by atoms with Crippen molar-refractivity contribution in [1.29, 1.82) is 0 Å². The Morgan fingerprint density at radius 1 is 1.16 bits per heavy atom. The van der Waals surface area contributed by atoms with Crippen molar-refractivity contribution >= 4 is 27.5 Å². The molecule has 1 heterocycles. The van der Waals surface area contributed by atoms with Crippen molar-refractivity contribution in [3.8, 4) is 0 Å². The summed E-state index contributed by atoms with van der Waals surface area (Å²) in [5.41, 5.74) is 1.74. The topological polar surface area (TPSA) is 25.8 Å². The van der Waals surface area contributed by atoms with E-state index in [4.69, 9.17) is 0 Å². The van der Waals surface area contributed by atoms with Crippen LogP contribution in [0.3, 0.4) is 0 Å². The fourth-order valence-corrected chi connectivity index (χ4v) is 7.78. The van der Waals surface area contributed by atoms with Crippen molar-refractivity contribution in [2.75, 3.05) is 0 Å². The molecule has 5 rings (SSSR count). The van der Waals surface area contributed by atoms with E-state index in [1.165, 1.54) is 43.5 Å². The molecule has 4 aliphatic rings. The number of hydrogen-bond donors (Lipinski definition) is 0. The Morgan fingerprint density at radius 2 is 1.84 bits per heavy atom.